The maximum Gasteiger partial charge on any atom is 0.182 e. The molecule has 0 aliphatic carbocycles. The Morgan fingerprint density at radius 1 is 0.893 bits per heavy atom. The first-order valence-corrected chi connectivity index (χ1v) is 8.37. The third-order valence-corrected chi connectivity index (χ3v) is 3.96. The lowest BCUT2D eigenvalue weighted by atomic mass is 9.92. The summed E-state index contributed by atoms with van der Waals surface area (Å²) in [6.45, 7) is 0. The van der Waals surface area contributed by atoms with Crippen LogP contribution in [0.3, 0.4) is 0 Å². The number of aldehydes is 1. The second-order valence-electron chi connectivity index (χ2n) is 5.81. The third-order valence-electron chi connectivity index (χ3n) is 3.96. The van der Waals surface area contributed by atoms with E-state index in [0.29, 0.717) is 34.4 Å². The predicted molar refractivity (Wildman–Crippen MR) is 102 cm³/mol. The van der Waals surface area contributed by atoms with Crippen LogP contribution in [0.15, 0.2) is 72.8 Å². The molecule has 28 heavy (non-hydrogen) atoms. The van der Waals surface area contributed by atoms with Crippen LogP contribution in [-0.4, -0.2) is 26.5 Å². The normalized spacial score (nSPS) is 11.2. The first-order valence-electron chi connectivity index (χ1n) is 8.37. The molecular formula is C21H16F2N4O. The zero-order chi connectivity index (χ0) is 19.9. The summed E-state index contributed by atoms with van der Waals surface area (Å²) in [5.41, 5.74) is 2.72. The molecular weight excluding hydrogens is 362 g/mol. The molecule has 1 aromatic heterocycles. The van der Waals surface area contributed by atoms with Crippen LogP contribution in [0.5, 0.6) is 0 Å². The molecule has 0 saturated heterocycles. The third kappa shape index (κ3) is 4.32. The van der Waals surface area contributed by atoms with Gasteiger partial charge in [0.05, 0.1) is 0 Å². The van der Waals surface area contributed by atoms with Crippen molar-refractivity contribution in [2.24, 2.45) is 7.05 Å². The largest absolute Gasteiger partial charge is 0.299 e. The van der Waals surface area contributed by atoms with E-state index in [0.717, 1.165) is 0 Å². The Bertz CT molecular complexity index is 1000. The standard InChI is InChI=1S/C21H16F2N4O/c1-27-21(24-25-26-27)19(5-3-2-4-14-28)20(15-6-10-17(22)11-7-15)16-8-12-18(23)13-9-16/h2-14H,1H3/b4-2+,5-3+. The van der Waals surface area contributed by atoms with E-state index >= 15 is 0 Å². The number of nitrogens with zero attached hydrogens (tertiary/aromatic N) is 4. The minimum absolute atomic E-state index is 0.367. The van der Waals surface area contributed by atoms with Crippen LogP contribution in [0.2, 0.25) is 0 Å². The van der Waals surface area contributed by atoms with Crippen LogP contribution in [0.1, 0.15) is 17.0 Å². The summed E-state index contributed by atoms with van der Waals surface area (Å²) in [7, 11) is 1.69. The average Bonchev–Trinajstić information content (AvgIpc) is 3.12. The van der Waals surface area contributed by atoms with Crippen molar-refractivity contribution >= 4 is 17.4 Å². The maximum absolute atomic E-state index is 13.5. The Morgan fingerprint density at radius 3 is 1.93 bits per heavy atom. The maximum atomic E-state index is 13.5. The Hall–Kier alpha value is -3.74. The fraction of sp³-hybridized carbons (Fsp3) is 0.0476. The molecule has 2 aromatic carbocycles. The van der Waals surface area contributed by atoms with Gasteiger partial charge in [-0.15, -0.1) is 5.10 Å². The van der Waals surface area contributed by atoms with Gasteiger partial charge in [0.2, 0.25) is 0 Å². The van der Waals surface area contributed by atoms with Gasteiger partial charge >= 0.3 is 0 Å². The number of rotatable bonds is 6. The Morgan fingerprint density at radius 2 is 1.46 bits per heavy atom. The molecule has 0 saturated carbocycles. The first kappa shape index (κ1) is 19.0. The second kappa shape index (κ2) is 8.77. The second-order valence-corrected chi connectivity index (χ2v) is 5.81. The molecule has 0 radical (unpaired) electrons. The summed E-state index contributed by atoms with van der Waals surface area (Å²) in [5.74, 6) is -0.276. The van der Waals surface area contributed by atoms with Gasteiger partial charge in [-0.3, -0.25) is 4.79 Å². The first-order chi connectivity index (χ1) is 13.6. The molecule has 7 heteroatoms. The summed E-state index contributed by atoms with van der Waals surface area (Å²) in [5, 5.41) is 11.6. The van der Waals surface area contributed by atoms with Crippen molar-refractivity contribution in [1.82, 2.24) is 20.2 Å². The Balaban J connectivity index is 2.30. The van der Waals surface area contributed by atoms with Crippen molar-refractivity contribution in [2.45, 2.75) is 0 Å². The minimum Gasteiger partial charge on any atom is -0.299 e. The lowest BCUT2D eigenvalue weighted by Gasteiger charge is -2.13. The molecule has 140 valence electrons. The number of hydrogen-bond donors (Lipinski definition) is 0. The molecule has 0 bridgehead atoms. The number of carbonyl (C=O) groups excluding carboxylic acids is 1. The monoisotopic (exact) mass is 378 g/mol. The highest BCUT2D eigenvalue weighted by atomic mass is 19.1. The van der Waals surface area contributed by atoms with Crippen LogP contribution in [0.4, 0.5) is 8.78 Å². The van der Waals surface area contributed by atoms with Gasteiger partial charge in [0.1, 0.15) is 17.9 Å². The van der Waals surface area contributed by atoms with Crippen LogP contribution < -0.4 is 0 Å². The summed E-state index contributed by atoms with van der Waals surface area (Å²) >= 11 is 0. The van der Waals surface area contributed by atoms with Crippen molar-refractivity contribution in [2.75, 3.05) is 0 Å². The van der Waals surface area contributed by atoms with E-state index in [2.05, 4.69) is 15.5 Å². The molecule has 0 aliphatic rings. The van der Waals surface area contributed by atoms with Crippen LogP contribution >= 0.6 is 0 Å². The van der Waals surface area contributed by atoms with Gasteiger partial charge in [0.15, 0.2) is 5.82 Å². The average molecular weight is 378 g/mol. The number of hydrogen-bond acceptors (Lipinski definition) is 4. The molecule has 0 amide bonds. The molecule has 3 rings (SSSR count). The molecule has 0 unspecified atom stereocenters. The molecule has 1 heterocycles. The summed E-state index contributed by atoms with van der Waals surface area (Å²) in [6.07, 6.45) is 7.00. The zero-order valence-corrected chi connectivity index (χ0v) is 15.0. The van der Waals surface area contributed by atoms with Crippen molar-refractivity contribution < 1.29 is 13.6 Å². The van der Waals surface area contributed by atoms with Crippen molar-refractivity contribution in [3.63, 3.8) is 0 Å². The van der Waals surface area contributed by atoms with Gasteiger partial charge < -0.3 is 0 Å². The SMILES string of the molecule is Cn1nnnc1C(/C=C/C=C/C=O)=C(c1ccc(F)cc1)c1ccc(F)cc1. The molecule has 0 aliphatic heterocycles. The smallest absolute Gasteiger partial charge is 0.182 e. The molecule has 5 nitrogen and oxygen atoms in total. The summed E-state index contributed by atoms with van der Waals surface area (Å²) in [4.78, 5) is 10.5. The number of allylic oxidation sites excluding steroid dienone is 5. The Labute approximate surface area is 160 Å². The van der Waals surface area contributed by atoms with Gasteiger partial charge in [-0.2, -0.15) is 0 Å². The topological polar surface area (TPSA) is 60.7 Å². The van der Waals surface area contributed by atoms with E-state index in [1.807, 2.05) is 0 Å². The molecule has 3 aromatic rings. The number of halogens is 2. The number of aromatic nitrogens is 4. The van der Waals surface area contributed by atoms with E-state index in [4.69, 9.17) is 0 Å². The minimum atomic E-state index is -0.367. The quantitative estimate of drug-likeness (QED) is 0.372. The fourth-order valence-corrected chi connectivity index (χ4v) is 2.70. The molecule has 0 atom stereocenters. The van der Waals surface area contributed by atoms with Crippen molar-refractivity contribution in [3.8, 4) is 0 Å². The number of benzene rings is 2. The zero-order valence-electron chi connectivity index (χ0n) is 15.0. The number of tetrazole rings is 1. The summed E-state index contributed by atoms with van der Waals surface area (Å²) in [6, 6.07) is 11.9. The van der Waals surface area contributed by atoms with E-state index in [-0.39, 0.29) is 11.6 Å². The van der Waals surface area contributed by atoms with Gasteiger partial charge in [0, 0.05) is 12.6 Å². The van der Waals surface area contributed by atoms with Gasteiger partial charge in [-0.05, 0) is 57.5 Å². The summed E-state index contributed by atoms with van der Waals surface area (Å²) < 4.78 is 28.4. The lowest BCUT2D eigenvalue weighted by molar-refractivity contribution is -0.104. The Kier molecular flexibility index (Phi) is 5.96. The molecule has 0 fully saturated rings. The van der Waals surface area contributed by atoms with Crippen LogP contribution in [0, 0.1) is 11.6 Å². The predicted octanol–water partition coefficient (Wildman–Crippen LogP) is 3.76. The fourth-order valence-electron chi connectivity index (χ4n) is 2.70. The van der Waals surface area contributed by atoms with Gasteiger partial charge in [0.25, 0.3) is 0 Å². The van der Waals surface area contributed by atoms with E-state index in [9.17, 15) is 13.6 Å². The highest BCUT2D eigenvalue weighted by Crippen LogP contribution is 2.32. The molecule has 0 spiro atoms. The number of carbonyl (C=O) groups is 1. The van der Waals surface area contributed by atoms with Gasteiger partial charge in [-0.1, -0.05) is 42.5 Å². The number of aryl methyl sites for hydroxylation is 1. The van der Waals surface area contributed by atoms with Crippen LogP contribution in [0.25, 0.3) is 11.1 Å². The molecule has 0 N–H and O–H groups in total. The van der Waals surface area contributed by atoms with E-state index in [1.54, 1.807) is 49.5 Å². The highest BCUT2D eigenvalue weighted by molar-refractivity contribution is 6.01. The van der Waals surface area contributed by atoms with E-state index in [1.165, 1.54) is 35.0 Å². The van der Waals surface area contributed by atoms with Crippen molar-refractivity contribution in [1.29, 1.82) is 0 Å². The van der Waals surface area contributed by atoms with Gasteiger partial charge in [-0.25, -0.2) is 13.5 Å². The lowest BCUT2D eigenvalue weighted by Crippen LogP contribution is -2.02. The van der Waals surface area contributed by atoms with Crippen LogP contribution in [-0.2, 0) is 11.8 Å². The highest BCUT2D eigenvalue weighted by Gasteiger charge is 2.16. The van der Waals surface area contributed by atoms with E-state index < -0.39 is 0 Å². The van der Waals surface area contributed by atoms with Crippen molar-refractivity contribution in [3.05, 3.63) is 101 Å².